The standard InChI is InChI=1S/C24H27N5O2/c1-16-7-12-20-22(28-19-10-8-18(9-11-19)27-17(2)30)21(15-25-23(20)26-16)24(31)29-13-5-3-4-6-14-29/h7-12,15H,3-6,13-14H2,1-2H3,(H,27,30)(H,25,26,28). The fraction of sp³-hybridized carbons (Fsp3) is 0.333. The molecule has 0 atom stereocenters. The summed E-state index contributed by atoms with van der Waals surface area (Å²) >= 11 is 0. The summed E-state index contributed by atoms with van der Waals surface area (Å²) < 4.78 is 0. The van der Waals surface area contributed by atoms with Crippen molar-refractivity contribution in [3.63, 3.8) is 0 Å². The minimum atomic E-state index is -0.118. The zero-order chi connectivity index (χ0) is 21.8. The van der Waals surface area contributed by atoms with Gasteiger partial charge >= 0.3 is 0 Å². The molecule has 2 aromatic heterocycles. The van der Waals surface area contributed by atoms with E-state index in [1.54, 1.807) is 6.20 Å². The van der Waals surface area contributed by atoms with E-state index in [-0.39, 0.29) is 11.8 Å². The van der Waals surface area contributed by atoms with Crippen molar-refractivity contribution in [1.29, 1.82) is 0 Å². The van der Waals surface area contributed by atoms with Crippen LogP contribution in [0.3, 0.4) is 0 Å². The number of hydrogen-bond acceptors (Lipinski definition) is 5. The number of hydrogen-bond donors (Lipinski definition) is 2. The van der Waals surface area contributed by atoms with Crippen LogP contribution in [0, 0.1) is 6.92 Å². The summed E-state index contributed by atoms with van der Waals surface area (Å²) in [5.74, 6) is -0.123. The fourth-order valence-corrected chi connectivity index (χ4v) is 3.90. The number of nitrogens with one attached hydrogen (secondary N) is 2. The molecule has 3 heterocycles. The maximum atomic E-state index is 13.4. The predicted octanol–water partition coefficient (Wildman–Crippen LogP) is 4.66. The molecule has 0 saturated carbocycles. The molecule has 31 heavy (non-hydrogen) atoms. The summed E-state index contributed by atoms with van der Waals surface area (Å²) in [5, 5.41) is 6.98. The lowest BCUT2D eigenvalue weighted by Crippen LogP contribution is -2.32. The molecule has 0 spiro atoms. The largest absolute Gasteiger partial charge is 0.354 e. The Kier molecular flexibility index (Phi) is 6.11. The lowest BCUT2D eigenvalue weighted by atomic mass is 10.1. The Labute approximate surface area is 181 Å². The Morgan fingerprint density at radius 2 is 1.61 bits per heavy atom. The van der Waals surface area contributed by atoms with Crippen molar-refractivity contribution in [2.45, 2.75) is 39.5 Å². The van der Waals surface area contributed by atoms with Crippen molar-refractivity contribution in [3.8, 4) is 0 Å². The number of aromatic nitrogens is 2. The molecule has 2 N–H and O–H groups in total. The third-order valence-electron chi connectivity index (χ3n) is 5.47. The van der Waals surface area contributed by atoms with E-state index in [1.807, 2.05) is 48.2 Å². The van der Waals surface area contributed by atoms with Gasteiger partial charge in [0.05, 0.1) is 11.3 Å². The van der Waals surface area contributed by atoms with Gasteiger partial charge in [0.15, 0.2) is 5.65 Å². The third-order valence-corrected chi connectivity index (χ3v) is 5.47. The summed E-state index contributed by atoms with van der Waals surface area (Å²) in [4.78, 5) is 35.6. The summed E-state index contributed by atoms with van der Waals surface area (Å²) in [6.45, 7) is 4.94. The topological polar surface area (TPSA) is 87.2 Å². The average molecular weight is 418 g/mol. The van der Waals surface area contributed by atoms with Gasteiger partial charge in [0.2, 0.25) is 5.91 Å². The molecule has 1 saturated heterocycles. The number of amides is 2. The molecule has 1 aromatic carbocycles. The van der Waals surface area contributed by atoms with Gasteiger partial charge in [0, 0.05) is 48.7 Å². The molecule has 4 rings (SSSR count). The lowest BCUT2D eigenvalue weighted by molar-refractivity contribution is -0.114. The first-order chi connectivity index (χ1) is 15.0. The van der Waals surface area contributed by atoms with Gasteiger partial charge in [-0.05, 0) is 56.2 Å². The van der Waals surface area contributed by atoms with Crippen LogP contribution in [0.15, 0.2) is 42.6 Å². The predicted molar refractivity (Wildman–Crippen MR) is 123 cm³/mol. The SMILES string of the molecule is CC(=O)Nc1ccc(Nc2c(C(=O)N3CCCCCC3)cnc3nc(C)ccc23)cc1. The third kappa shape index (κ3) is 4.82. The van der Waals surface area contributed by atoms with Gasteiger partial charge in [-0.1, -0.05) is 12.8 Å². The number of carbonyl (C=O) groups excluding carboxylic acids is 2. The number of fused-ring (bicyclic) bond motifs is 1. The van der Waals surface area contributed by atoms with Gasteiger partial charge in [-0.2, -0.15) is 0 Å². The molecule has 1 aliphatic rings. The fourth-order valence-electron chi connectivity index (χ4n) is 3.90. The summed E-state index contributed by atoms with van der Waals surface area (Å²) in [6.07, 6.45) is 6.02. The zero-order valence-corrected chi connectivity index (χ0v) is 17.9. The Morgan fingerprint density at radius 3 is 2.29 bits per heavy atom. The van der Waals surface area contributed by atoms with Crippen molar-refractivity contribution in [3.05, 3.63) is 53.9 Å². The molecular formula is C24H27N5O2. The van der Waals surface area contributed by atoms with Crippen LogP contribution in [0.25, 0.3) is 11.0 Å². The van der Waals surface area contributed by atoms with E-state index in [0.29, 0.717) is 16.9 Å². The molecule has 1 fully saturated rings. The minimum absolute atomic E-state index is 0.00533. The molecule has 7 nitrogen and oxygen atoms in total. The highest BCUT2D eigenvalue weighted by Crippen LogP contribution is 2.30. The molecule has 0 bridgehead atoms. The maximum absolute atomic E-state index is 13.4. The van der Waals surface area contributed by atoms with Crippen LogP contribution >= 0.6 is 0 Å². The zero-order valence-electron chi connectivity index (χ0n) is 17.9. The second kappa shape index (κ2) is 9.12. The van der Waals surface area contributed by atoms with Gasteiger partial charge in [-0.15, -0.1) is 0 Å². The monoisotopic (exact) mass is 417 g/mol. The number of likely N-dealkylation sites (tertiary alicyclic amines) is 1. The number of carbonyl (C=O) groups is 2. The molecule has 7 heteroatoms. The van der Waals surface area contributed by atoms with Crippen molar-refractivity contribution in [2.24, 2.45) is 0 Å². The highest BCUT2D eigenvalue weighted by Gasteiger charge is 2.22. The Bertz CT molecular complexity index is 1100. The molecule has 1 aliphatic heterocycles. The number of pyridine rings is 2. The van der Waals surface area contributed by atoms with Crippen LogP contribution in [0.2, 0.25) is 0 Å². The Morgan fingerprint density at radius 1 is 0.935 bits per heavy atom. The molecule has 0 aliphatic carbocycles. The molecule has 0 radical (unpaired) electrons. The highest BCUT2D eigenvalue weighted by molar-refractivity contribution is 6.07. The van der Waals surface area contributed by atoms with Crippen LogP contribution in [-0.2, 0) is 4.79 Å². The van der Waals surface area contributed by atoms with Crippen LogP contribution < -0.4 is 10.6 Å². The minimum Gasteiger partial charge on any atom is -0.354 e. The number of benzene rings is 1. The highest BCUT2D eigenvalue weighted by atomic mass is 16.2. The van der Waals surface area contributed by atoms with Crippen LogP contribution in [0.5, 0.6) is 0 Å². The normalized spacial score (nSPS) is 14.2. The Balaban J connectivity index is 1.72. The molecule has 2 amide bonds. The van der Waals surface area contributed by atoms with E-state index >= 15 is 0 Å². The summed E-state index contributed by atoms with van der Waals surface area (Å²) in [5.41, 5.74) is 4.26. The first kappa shape index (κ1) is 20.8. The molecule has 3 aromatic rings. The van der Waals surface area contributed by atoms with Crippen LogP contribution in [-0.4, -0.2) is 39.8 Å². The first-order valence-electron chi connectivity index (χ1n) is 10.7. The van der Waals surface area contributed by atoms with E-state index in [0.717, 1.165) is 61.2 Å². The van der Waals surface area contributed by atoms with Gasteiger partial charge in [0.1, 0.15) is 0 Å². The van der Waals surface area contributed by atoms with Crippen LogP contribution in [0.1, 0.15) is 48.7 Å². The maximum Gasteiger partial charge on any atom is 0.257 e. The average Bonchev–Trinajstić information content (AvgIpc) is 3.04. The summed E-state index contributed by atoms with van der Waals surface area (Å²) in [7, 11) is 0. The van der Waals surface area contributed by atoms with Gasteiger partial charge < -0.3 is 15.5 Å². The van der Waals surface area contributed by atoms with Crippen molar-refractivity contribution >= 4 is 39.9 Å². The first-order valence-corrected chi connectivity index (χ1v) is 10.7. The van der Waals surface area contributed by atoms with Gasteiger partial charge in [-0.3, -0.25) is 9.59 Å². The van der Waals surface area contributed by atoms with Crippen molar-refractivity contribution < 1.29 is 9.59 Å². The van der Waals surface area contributed by atoms with E-state index in [2.05, 4.69) is 20.6 Å². The Hall–Kier alpha value is -3.48. The van der Waals surface area contributed by atoms with Crippen molar-refractivity contribution in [2.75, 3.05) is 23.7 Å². The van der Waals surface area contributed by atoms with E-state index in [9.17, 15) is 9.59 Å². The quantitative estimate of drug-likeness (QED) is 0.645. The van der Waals surface area contributed by atoms with Gasteiger partial charge in [-0.25, -0.2) is 9.97 Å². The molecule has 160 valence electrons. The van der Waals surface area contributed by atoms with Crippen LogP contribution in [0.4, 0.5) is 17.1 Å². The van der Waals surface area contributed by atoms with Crippen molar-refractivity contribution in [1.82, 2.24) is 14.9 Å². The van der Waals surface area contributed by atoms with E-state index in [1.165, 1.54) is 6.92 Å². The van der Waals surface area contributed by atoms with Gasteiger partial charge in [0.25, 0.3) is 5.91 Å². The smallest absolute Gasteiger partial charge is 0.257 e. The summed E-state index contributed by atoms with van der Waals surface area (Å²) in [6, 6.07) is 11.3. The number of aryl methyl sites for hydroxylation is 1. The lowest BCUT2D eigenvalue weighted by Gasteiger charge is -2.22. The number of rotatable bonds is 4. The van der Waals surface area contributed by atoms with E-state index < -0.39 is 0 Å². The molecular weight excluding hydrogens is 390 g/mol. The second-order valence-electron chi connectivity index (χ2n) is 7.96. The number of nitrogens with zero attached hydrogens (tertiary/aromatic N) is 3. The van der Waals surface area contributed by atoms with E-state index in [4.69, 9.17) is 0 Å². The molecule has 0 unspecified atom stereocenters. The number of anilines is 3. The second-order valence-corrected chi connectivity index (χ2v) is 7.96.